The van der Waals surface area contributed by atoms with Gasteiger partial charge in [-0.15, -0.1) is 0 Å². The summed E-state index contributed by atoms with van der Waals surface area (Å²) in [6.07, 6.45) is 1.46. The summed E-state index contributed by atoms with van der Waals surface area (Å²) in [6.45, 7) is 1.52. The van der Waals surface area contributed by atoms with E-state index in [-0.39, 0.29) is 16.9 Å². The molecule has 1 fully saturated rings. The molecule has 0 atom stereocenters. The molecule has 2 aromatic carbocycles. The van der Waals surface area contributed by atoms with Crippen molar-refractivity contribution in [1.29, 1.82) is 5.26 Å². The van der Waals surface area contributed by atoms with Gasteiger partial charge in [0.05, 0.1) is 23.8 Å². The summed E-state index contributed by atoms with van der Waals surface area (Å²) in [4.78, 5) is 14.7. The predicted molar refractivity (Wildman–Crippen MR) is 122 cm³/mol. The highest BCUT2D eigenvalue weighted by molar-refractivity contribution is 7.80. The van der Waals surface area contributed by atoms with Crippen molar-refractivity contribution >= 4 is 46.2 Å². The van der Waals surface area contributed by atoms with Crippen LogP contribution >= 0.6 is 23.8 Å². The van der Waals surface area contributed by atoms with Gasteiger partial charge in [0.2, 0.25) is 5.91 Å². The Kier molecular flexibility index (Phi) is 7.33. The SMILES string of the molecule is COc1cc(N2CCC(C(=O)NNC(=S)Nc3ccc(C#N)cc3)CC2)ccc1Cl. The number of rotatable bonds is 4. The summed E-state index contributed by atoms with van der Waals surface area (Å²) in [5, 5.41) is 12.6. The van der Waals surface area contributed by atoms with Crippen molar-refractivity contribution in [2.24, 2.45) is 5.92 Å². The van der Waals surface area contributed by atoms with Crippen LogP contribution in [0.2, 0.25) is 5.02 Å². The van der Waals surface area contributed by atoms with Gasteiger partial charge >= 0.3 is 0 Å². The molecule has 3 rings (SSSR count). The number of anilines is 2. The van der Waals surface area contributed by atoms with Gasteiger partial charge in [0.25, 0.3) is 0 Å². The Morgan fingerprint density at radius 3 is 2.53 bits per heavy atom. The number of carbonyl (C=O) groups excluding carboxylic acids is 1. The van der Waals surface area contributed by atoms with Crippen LogP contribution < -0.4 is 25.8 Å². The molecule has 1 amide bonds. The van der Waals surface area contributed by atoms with Crippen molar-refractivity contribution in [3.05, 3.63) is 53.1 Å². The Hall–Kier alpha value is -3.02. The fourth-order valence-electron chi connectivity index (χ4n) is 3.26. The fourth-order valence-corrected chi connectivity index (χ4v) is 3.62. The van der Waals surface area contributed by atoms with E-state index in [4.69, 9.17) is 33.8 Å². The van der Waals surface area contributed by atoms with Crippen LogP contribution in [0.3, 0.4) is 0 Å². The average Bonchev–Trinajstić information content (AvgIpc) is 2.78. The molecule has 156 valence electrons. The summed E-state index contributed by atoms with van der Waals surface area (Å²) in [6, 6.07) is 14.6. The average molecular weight is 444 g/mol. The number of halogens is 1. The minimum Gasteiger partial charge on any atom is -0.495 e. The van der Waals surface area contributed by atoms with Gasteiger partial charge in [0, 0.05) is 36.4 Å². The number of hydrogen-bond acceptors (Lipinski definition) is 5. The van der Waals surface area contributed by atoms with E-state index in [9.17, 15) is 4.79 Å². The van der Waals surface area contributed by atoms with Crippen LogP contribution in [0, 0.1) is 17.2 Å². The lowest BCUT2D eigenvalue weighted by Gasteiger charge is -2.33. The first-order chi connectivity index (χ1) is 14.5. The Morgan fingerprint density at radius 1 is 1.20 bits per heavy atom. The number of hydrazine groups is 1. The maximum Gasteiger partial charge on any atom is 0.241 e. The molecular weight excluding hydrogens is 422 g/mol. The molecule has 0 saturated carbocycles. The molecule has 1 heterocycles. The minimum absolute atomic E-state index is 0.0904. The minimum atomic E-state index is -0.0966. The van der Waals surface area contributed by atoms with Crippen LogP contribution in [0.5, 0.6) is 5.75 Å². The molecular formula is C21H22ClN5O2S. The molecule has 1 aliphatic heterocycles. The highest BCUT2D eigenvalue weighted by atomic mass is 35.5. The topological polar surface area (TPSA) is 89.4 Å². The standard InChI is InChI=1S/C21H22ClN5O2S/c1-29-19-12-17(6-7-18(19)22)27-10-8-15(9-11-27)20(28)25-26-21(30)24-16-4-2-14(13-23)3-5-16/h2-7,12,15H,8-11H2,1H3,(H,25,28)(H2,24,26,30). The smallest absolute Gasteiger partial charge is 0.241 e. The van der Waals surface area contributed by atoms with Crippen molar-refractivity contribution in [3.8, 4) is 11.8 Å². The van der Waals surface area contributed by atoms with Crippen LogP contribution in [-0.2, 0) is 4.79 Å². The van der Waals surface area contributed by atoms with Gasteiger partial charge in [-0.2, -0.15) is 5.26 Å². The monoisotopic (exact) mass is 443 g/mol. The fraction of sp³-hybridized carbons (Fsp3) is 0.286. The van der Waals surface area contributed by atoms with Crippen molar-refractivity contribution < 1.29 is 9.53 Å². The van der Waals surface area contributed by atoms with E-state index in [0.29, 0.717) is 16.3 Å². The van der Waals surface area contributed by atoms with Crippen LogP contribution in [-0.4, -0.2) is 31.2 Å². The summed E-state index contributed by atoms with van der Waals surface area (Å²) >= 11 is 11.3. The number of carbonyl (C=O) groups is 1. The number of ether oxygens (including phenoxy) is 1. The summed E-state index contributed by atoms with van der Waals surface area (Å²) in [5.74, 6) is 0.453. The van der Waals surface area contributed by atoms with E-state index in [1.54, 1.807) is 31.4 Å². The number of piperidine rings is 1. The zero-order chi connectivity index (χ0) is 21.5. The van der Waals surface area contributed by atoms with E-state index < -0.39 is 0 Å². The normalized spacial score (nSPS) is 13.8. The van der Waals surface area contributed by atoms with Crippen molar-refractivity contribution in [3.63, 3.8) is 0 Å². The molecule has 0 spiro atoms. The second-order valence-electron chi connectivity index (χ2n) is 6.84. The molecule has 0 unspecified atom stereocenters. The Bertz CT molecular complexity index is 953. The predicted octanol–water partition coefficient (Wildman–Crippen LogP) is 3.45. The molecule has 0 bridgehead atoms. The molecule has 1 saturated heterocycles. The Labute approximate surface area is 185 Å². The van der Waals surface area contributed by atoms with Crippen LogP contribution in [0.15, 0.2) is 42.5 Å². The maximum absolute atomic E-state index is 12.5. The molecule has 3 N–H and O–H groups in total. The van der Waals surface area contributed by atoms with Gasteiger partial charge in [-0.25, -0.2) is 0 Å². The lowest BCUT2D eigenvalue weighted by atomic mass is 9.96. The molecule has 9 heteroatoms. The quantitative estimate of drug-likeness (QED) is 0.492. The number of nitrogens with one attached hydrogen (secondary N) is 3. The van der Waals surface area contributed by atoms with Crippen molar-refractivity contribution in [2.45, 2.75) is 12.8 Å². The second kappa shape index (κ2) is 10.1. The summed E-state index contributed by atoms with van der Waals surface area (Å²) < 4.78 is 5.28. The first-order valence-electron chi connectivity index (χ1n) is 9.45. The summed E-state index contributed by atoms with van der Waals surface area (Å²) in [7, 11) is 1.59. The van der Waals surface area contributed by atoms with E-state index in [1.165, 1.54) is 0 Å². The van der Waals surface area contributed by atoms with E-state index >= 15 is 0 Å². The largest absolute Gasteiger partial charge is 0.495 e. The molecule has 0 aliphatic carbocycles. The van der Waals surface area contributed by atoms with Crippen molar-refractivity contribution in [2.75, 3.05) is 30.4 Å². The number of amides is 1. The zero-order valence-electron chi connectivity index (χ0n) is 16.4. The van der Waals surface area contributed by atoms with Gasteiger partial charge in [0.15, 0.2) is 5.11 Å². The second-order valence-corrected chi connectivity index (χ2v) is 7.65. The number of methoxy groups -OCH3 is 1. The molecule has 0 radical (unpaired) electrons. The van der Waals surface area contributed by atoms with E-state index in [0.717, 1.165) is 37.3 Å². The van der Waals surface area contributed by atoms with E-state index in [1.807, 2.05) is 18.2 Å². The van der Waals surface area contributed by atoms with E-state index in [2.05, 4.69) is 27.1 Å². The third-order valence-corrected chi connectivity index (χ3v) is 5.45. The van der Waals surface area contributed by atoms with Crippen LogP contribution in [0.4, 0.5) is 11.4 Å². The highest BCUT2D eigenvalue weighted by Gasteiger charge is 2.25. The van der Waals surface area contributed by atoms with Gasteiger partial charge in [-0.05, 0) is 61.5 Å². The molecule has 0 aromatic heterocycles. The molecule has 7 nitrogen and oxygen atoms in total. The molecule has 1 aliphatic rings. The van der Waals surface area contributed by atoms with Gasteiger partial charge in [0.1, 0.15) is 5.75 Å². The zero-order valence-corrected chi connectivity index (χ0v) is 18.0. The number of thiocarbonyl (C=S) groups is 1. The molecule has 30 heavy (non-hydrogen) atoms. The Balaban J connectivity index is 1.44. The number of nitrogens with zero attached hydrogens (tertiary/aromatic N) is 2. The number of nitriles is 1. The number of benzene rings is 2. The summed E-state index contributed by atoms with van der Waals surface area (Å²) in [5.41, 5.74) is 7.73. The number of hydrogen-bond donors (Lipinski definition) is 3. The molecule has 2 aromatic rings. The lowest BCUT2D eigenvalue weighted by molar-refractivity contribution is -0.126. The van der Waals surface area contributed by atoms with Gasteiger partial charge < -0.3 is 15.0 Å². The van der Waals surface area contributed by atoms with Gasteiger partial charge in [-0.3, -0.25) is 15.6 Å². The highest BCUT2D eigenvalue weighted by Crippen LogP contribution is 2.31. The third kappa shape index (κ3) is 5.53. The van der Waals surface area contributed by atoms with Gasteiger partial charge in [-0.1, -0.05) is 11.6 Å². The van der Waals surface area contributed by atoms with Crippen LogP contribution in [0.25, 0.3) is 0 Å². The first-order valence-corrected chi connectivity index (χ1v) is 10.2. The maximum atomic E-state index is 12.5. The third-order valence-electron chi connectivity index (χ3n) is 4.94. The van der Waals surface area contributed by atoms with Crippen LogP contribution in [0.1, 0.15) is 18.4 Å². The first kappa shape index (κ1) is 21.7. The van der Waals surface area contributed by atoms with Crippen molar-refractivity contribution in [1.82, 2.24) is 10.9 Å². The lowest BCUT2D eigenvalue weighted by Crippen LogP contribution is -2.48. The Morgan fingerprint density at radius 2 is 1.90 bits per heavy atom.